The maximum Gasteiger partial charge on any atom is 0.258 e. The van der Waals surface area contributed by atoms with E-state index in [4.69, 9.17) is 16.3 Å². The third-order valence-corrected chi connectivity index (χ3v) is 3.65. The first kappa shape index (κ1) is 17.1. The number of nitrogens with one attached hydrogen (secondary N) is 2. The molecule has 1 saturated heterocycles. The van der Waals surface area contributed by atoms with Gasteiger partial charge in [0.25, 0.3) is 5.91 Å². The summed E-state index contributed by atoms with van der Waals surface area (Å²) in [5, 5.41) is 6.87. The van der Waals surface area contributed by atoms with Crippen molar-refractivity contribution in [1.82, 2.24) is 10.6 Å². The van der Waals surface area contributed by atoms with Crippen LogP contribution in [-0.4, -0.2) is 31.6 Å². The summed E-state index contributed by atoms with van der Waals surface area (Å²) in [4.78, 5) is 11.8. The van der Waals surface area contributed by atoms with Crippen LogP contribution in [0.4, 0.5) is 0 Å². The molecule has 6 heteroatoms. The molecule has 1 atom stereocenters. The van der Waals surface area contributed by atoms with Crippen molar-refractivity contribution in [2.75, 3.05) is 19.7 Å². The number of hydrogen-bond acceptors (Lipinski definition) is 3. The molecule has 4 nitrogen and oxygen atoms in total. The average molecular weight is 319 g/mol. The van der Waals surface area contributed by atoms with Crippen LogP contribution < -0.4 is 15.4 Å². The Hall–Kier alpha value is -0.970. The van der Waals surface area contributed by atoms with Gasteiger partial charge >= 0.3 is 0 Å². The molecule has 0 radical (unpaired) electrons. The number of benzene rings is 1. The molecule has 1 heterocycles. The Morgan fingerprint density at radius 1 is 1.55 bits per heavy atom. The lowest BCUT2D eigenvalue weighted by Crippen LogP contribution is -2.47. The monoisotopic (exact) mass is 318 g/mol. The SMILES string of the molecule is Cc1c(Cl)cccc1OCC(=O)NC1CCCNC1.Cl. The Morgan fingerprint density at radius 3 is 3.05 bits per heavy atom. The van der Waals surface area contributed by atoms with Crippen molar-refractivity contribution >= 4 is 29.9 Å². The predicted octanol–water partition coefficient (Wildman–Crippen LogP) is 2.32. The molecule has 2 N–H and O–H groups in total. The molecule has 0 spiro atoms. The van der Waals surface area contributed by atoms with Crippen molar-refractivity contribution in [2.24, 2.45) is 0 Å². The van der Waals surface area contributed by atoms with Crippen molar-refractivity contribution in [3.8, 4) is 5.75 Å². The fourth-order valence-electron chi connectivity index (χ4n) is 2.13. The molecule has 0 aliphatic carbocycles. The normalized spacial score (nSPS) is 18.0. The zero-order chi connectivity index (χ0) is 13.7. The zero-order valence-corrected chi connectivity index (χ0v) is 13.0. The molecule has 0 aromatic heterocycles. The van der Waals surface area contributed by atoms with E-state index < -0.39 is 0 Å². The van der Waals surface area contributed by atoms with Gasteiger partial charge in [0.2, 0.25) is 0 Å². The molecule has 1 amide bonds. The lowest BCUT2D eigenvalue weighted by molar-refractivity contribution is -0.123. The maximum absolute atomic E-state index is 11.8. The molecule has 1 aliphatic heterocycles. The van der Waals surface area contributed by atoms with E-state index in [0.29, 0.717) is 10.8 Å². The number of amides is 1. The van der Waals surface area contributed by atoms with Crippen LogP contribution in [0.1, 0.15) is 18.4 Å². The second-order valence-corrected chi connectivity index (χ2v) is 5.17. The van der Waals surface area contributed by atoms with Gasteiger partial charge in [-0.05, 0) is 38.4 Å². The first-order valence-corrected chi connectivity index (χ1v) is 6.92. The first-order chi connectivity index (χ1) is 9.16. The molecule has 1 fully saturated rings. The van der Waals surface area contributed by atoms with Gasteiger partial charge in [0.1, 0.15) is 5.75 Å². The topological polar surface area (TPSA) is 50.4 Å². The van der Waals surface area contributed by atoms with Crippen LogP contribution in [-0.2, 0) is 4.79 Å². The molecular weight excluding hydrogens is 299 g/mol. The van der Waals surface area contributed by atoms with Gasteiger partial charge in [-0.15, -0.1) is 12.4 Å². The highest BCUT2D eigenvalue weighted by Crippen LogP contribution is 2.24. The summed E-state index contributed by atoms with van der Waals surface area (Å²) < 4.78 is 5.50. The fraction of sp³-hybridized carbons (Fsp3) is 0.500. The Kier molecular flexibility index (Phi) is 7.13. The van der Waals surface area contributed by atoms with Gasteiger partial charge in [-0.3, -0.25) is 4.79 Å². The quantitative estimate of drug-likeness (QED) is 0.895. The van der Waals surface area contributed by atoms with E-state index in [9.17, 15) is 4.79 Å². The van der Waals surface area contributed by atoms with Gasteiger partial charge in [0.15, 0.2) is 6.61 Å². The highest BCUT2D eigenvalue weighted by Gasteiger charge is 2.15. The minimum absolute atomic E-state index is 0. The summed E-state index contributed by atoms with van der Waals surface area (Å²) in [6.45, 7) is 3.77. The summed E-state index contributed by atoms with van der Waals surface area (Å²) in [7, 11) is 0. The van der Waals surface area contributed by atoms with Gasteiger partial charge in [-0.1, -0.05) is 17.7 Å². The van der Waals surface area contributed by atoms with E-state index in [2.05, 4.69) is 10.6 Å². The van der Waals surface area contributed by atoms with E-state index in [1.165, 1.54) is 0 Å². The third-order valence-electron chi connectivity index (χ3n) is 3.24. The second-order valence-electron chi connectivity index (χ2n) is 4.76. The summed E-state index contributed by atoms with van der Waals surface area (Å²) in [5.41, 5.74) is 0.858. The van der Waals surface area contributed by atoms with Crippen LogP contribution >= 0.6 is 24.0 Å². The summed E-state index contributed by atoms with van der Waals surface area (Å²) in [6.07, 6.45) is 2.12. The summed E-state index contributed by atoms with van der Waals surface area (Å²) in [5.74, 6) is 0.567. The number of hydrogen-bond donors (Lipinski definition) is 2. The van der Waals surface area contributed by atoms with Gasteiger partial charge in [0, 0.05) is 23.2 Å². The molecule has 2 rings (SSSR count). The van der Waals surface area contributed by atoms with Gasteiger partial charge in [-0.25, -0.2) is 0 Å². The van der Waals surface area contributed by atoms with Crippen LogP contribution in [0, 0.1) is 6.92 Å². The van der Waals surface area contributed by atoms with E-state index in [1.807, 2.05) is 19.1 Å². The lowest BCUT2D eigenvalue weighted by atomic mass is 10.1. The summed E-state index contributed by atoms with van der Waals surface area (Å²) in [6, 6.07) is 5.65. The Balaban J connectivity index is 0.00000200. The number of ether oxygens (including phenoxy) is 1. The van der Waals surface area contributed by atoms with Crippen LogP contribution in [0.3, 0.4) is 0 Å². The highest BCUT2D eigenvalue weighted by atomic mass is 35.5. The first-order valence-electron chi connectivity index (χ1n) is 6.55. The van der Waals surface area contributed by atoms with Crippen molar-refractivity contribution in [1.29, 1.82) is 0 Å². The Morgan fingerprint density at radius 2 is 2.35 bits per heavy atom. The van der Waals surface area contributed by atoms with Crippen LogP contribution in [0.25, 0.3) is 0 Å². The highest BCUT2D eigenvalue weighted by molar-refractivity contribution is 6.31. The zero-order valence-electron chi connectivity index (χ0n) is 11.4. The number of carbonyl (C=O) groups is 1. The molecule has 20 heavy (non-hydrogen) atoms. The average Bonchev–Trinajstić information content (AvgIpc) is 2.42. The van der Waals surface area contributed by atoms with E-state index in [1.54, 1.807) is 6.07 Å². The predicted molar refractivity (Wildman–Crippen MR) is 83.0 cm³/mol. The molecule has 1 aromatic rings. The fourth-order valence-corrected chi connectivity index (χ4v) is 2.30. The van der Waals surface area contributed by atoms with Crippen LogP contribution in [0.2, 0.25) is 5.02 Å². The lowest BCUT2D eigenvalue weighted by Gasteiger charge is -2.23. The Bertz CT molecular complexity index is 449. The summed E-state index contributed by atoms with van der Waals surface area (Å²) >= 11 is 6.00. The Labute approximate surface area is 130 Å². The molecule has 112 valence electrons. The maximum atomic E-state index is 11.8. The van der Waals surface area contributed by atoms with E-state index in [-0.39, 0.29) is 31.0 Å². The van der Waals surface area contributed by atoms with Crippen molar-refractivity contribution in [3.05, 3.63) is 28.8 Å². The van der Waals surface area contributed by atoms with Crippen molar-refractivity contribution < 1.29 is 9.53 Å². The van der Waals surface area contributed by atoms with Gasteiger partial charge in [-0.2, -0.15) is 0 Å². The third kappa shape index (κ3) is 4.85. The molecule has 1 aliphatic rings. The molecule has 0 bridgehead atoms. The number of halogens is 2. The second kappa shape index (κ2) is 8.35. The number of rotatable bonds is 4. The number of carbonyl (C=O) groups excluding carboxylic acids is 1. The van der Waals surface area contributed by atoms with E-state index >= 15 is 0 Å². The molecular formula is C14H20Cl2N2O2. The smallest absolute Gasteiger partial charge is 0.258 e. The minimum Gasteiger partial charge on any atom is -0.483 e. The molecule has 1 unspecified atom stereocenters. The van der Waals surface area contributed by atoms with Gasteiger partial charge < -0.3 is 15.4 Å². The molecule has 1 aromatic carbocycles. The van der Waals surface area contributed by atoms with Crippen LogP contribution in [0.15, 0.2) is 18.2 Å². The van der Waals surface area contributed by atoms with Gasteiger partial charge in [0.05, 0.1) is 0 Å². The van der Waals surface area contributed by atoms with E-state index in [0.717, 1.165) is 31.5 Å². The standard InChI is InChI=1S/C14H19ClN2O2.ClH/c1-10-12(15)5-2-6-13(10)19-9-14(18)17-11-4-3-7-16-8-11;/h2,5-6,11,16H,3-4,7-9H2,1H3,(H,17,18);1H. The van der Waals surface area contributed by atoms with Crippen molar-refractivity contribution in [2.45, 2.75) is 25.8 Å². The largest absolute Gasteiger partial charge is 0.483 e. The molecule has 0 saturated carbocycles. The van der Waals surface area contributed by atoms with Crippen molar-refractivity contribution in [3.63, 3.8) is 0 Å². The minimum atomic E-state index is -0.0897. The van der Waals surface area contributed by atoms with Crippen LogP contribution in [0.5, 0.6) is 5.75 Å². The number of piperidine rings is 1.